The predicted octanol–water partition coefficient (Wildman–Crippen LogP) is 0.00280. The van der Waals surface area contributed by atoms with Crippen molar-refractivity contribution in [1.29, 1.82) is 0 Å². The zero-order chi connectivity index (χ0) is 15.2. The lowest BCUT2D eigenvalue weighted by Crippen LogP contribution is -2.47. The number of morpholine rings is 1. The second kappa shape index (κ2) is 7.18. The van der Waals surface area contributed by atoms with Gasteiger partial charge in [0, 0.05) is 18.7 Å². The van der Waals surface area contributed by atoms with Gasteiger partial charge in [0.25, 0.3) is 5.91 Å². The quantitative estimate of drug-likeness (QED) is 0.753. The number of halogens is 1. The lowest BCUT2D eigenvalue weighted by Gasteiger charge is -2.32. The number of carbonyl (C=O) groups is 1. The first-order valence-electron chi connectivity index (χ1n) is 6.56. The van der Waals surface area contributed by atoms with Gasteiger partial charge in [-0.15, -0.1) is 0 Å². The van der Waals surface area contributed by atoms with Crippen molar-refractivity contribution in [1.82, 2.24) is 4.90 Å². The maximum Gasteiger partial charge on any atom is 0.256 e. The molecule has 1 aliphatic rings. The van der Waals surface area contributed by atoms with E-state index in [0.29, 0.717) is 18.7 Å². The van der Waals surface area contributed by atoms with Crippen LogP contribution >= 0.6 is 0 Å². The van der Waals surface area contributed by atoms with Crippen LogP contribution in [0, 0.1) is 17.7 Å². The van der Waals surface area contributed by atoms with Gasteiger partial charge in [0.1, 0.15) is 12.4 Å². The molecule has 2 N–H and O–H groups in total. The van der Waals surface area contributed by atoms with Crippen molar-refractivity contribution in [3.8, 4) is 11.8 Å². The van der Waals surface area contributed by atoms with Gasteiger partial charge in [-0.3, -0.25) is 4.79 Å². The molecule has 1 amide bonds. The van der Waals surface area contributed by atoms with Gasteiger partial charge in [0.2, 0.25) is 0 Å². The van der Waals surface area contributed by atoms with Crippen molar-refractivity contribution >= 4 is 5.91 Å². The molecule has 6 heteroatoms. The van der Waals surface area contributed by atoms with E-state index in [2.05, 4.69) is 11.8 Å². The molecule has 0 bridgehead atoms. The van der Waals surface area contributed by atoms with Gasteiger partial charge >= 0.3 is 0 Å². The Balaban J connectivity index is 2.15. The third-order valence-corrected chi connectivity index (χ3v) is 3.14. The first-order chi connectivity index (χ1) is 10.2. The number of aliphatic hydroxyl groups is 2. The molecular weight excluding hydrogens is 277 g/mol. The summed E-state index contributed by atoms with van der Waals surface area (Å²) in [5.41, 5.74) is 0.358. The summed E-state index contributed by atoms with van der Waals surface area (Å²) in [5, 5.41) is 17.7. The first-order valence-corrected chi connectivity index (χ1v) is 6.56. The van der Waals surface area contributed by atoms with E-state index in [1.807, 2.05) is 0 Å². The molecule has 5 nitrogen and oxygen atoms in total. The number of rotatable bonds is 2. The SMILES string of the molecule is O=C(c1ccc(C#CCO)cc1F)N1CCOC(CO)C1. The Morgan fingerprint density at radius 3 is 2.95 bits per heavy atom. The van der Waals surface area contributed by atoms with Crippen molar-refractivity contribution in [2.75, 3.05) is 32.9 Å². The van der Waals surface area contributed by atoms with Gasteiger partial charge in [-0.1, -0.05) is 11.8 Å². The van der Waals surface area contributed by atoms with Crippen LogP contribution in [0.5, 0.6) is 0 Å². The highest BCUT2D eigenvalue weighted by Gasteiger charge is 2.26. The van der Waals surface area contributed by atoms with Gasteiger partial charge in [0.05, 0.1) is 24.9 Å². The van der Waals surface area contributed by atoms with Crippen LogP contribution in [-0.4, -0.2) is 60.0 Å². The summed E-state index contributed by atoms with van der Waals surface area (Å²) in [6, 6.07) is 4.07. The number of nitrogens with zero attached hydrogens (tertiary/aromatic N) is 1. The fraction of sp³-hybridized carbons (Fsp3) is 0.400. The number of ether oxygens (including phenoxy) is 1. The summed E-state index contributed by atoms with van der Waals surface area (Å²) < 4.78 is 19.3. The molecule has 1 saturated heterocycles. The molecule has 1 atom stereocenters. The lowest BCUT2D eigenvalue weighted by molar-refractivity contribution is -0.0448. The Hall–Kier alpha value is -1.94. The lowest BCUT2D eigenvalue weighted by atomic mass is 10.1. The molecule has 0 aromatic heterocycles. The van der Waals surface area contributed by atoms with E-state index in [-0.39, 0.29) is 25.3 Å². The van der Waals surface area contributed by atoms with Gasteiger partial charge in [-0.2, -0.15) is 0 Å². The summed E-state index contributed by atoms with van der Waals surface area (Å²) in [6.45, 7) is 0.431. The molecule has 0 saturated carbocycles. The predicted molar refractivity (Wildman–Crippen MR) is 73.1 cm³/mol. The van der Waals surface area contributed by atoms with Gasteiger partial charge in [-0.25, -0.2) is 4.39 Å². The monoisotopic (exact) mass is 293 g/mol. The van der Waals surface area contributed by atoms with Crippen LogP contribution in [0.4, 0.5) is 4.39 Å². The van der Waals surface area contributed by atoms with Gasteiger partial charge in [-0.05, 0) is 18.2 Å². The molecular formula is C15H16FNO4. The minimum atomic E-state index is -0.656. The summed E-state index contributed by atoms with van der Waals surface area (Å²) in [6.07, 6.45) is -0.430. The smallest absolute Gasteiger partial charge is 0.256 e. The molecule has 1 unspecified atom stereocenters. The molecule has 1 fully saturated rings. The third-order valence-electron chi connectivity index (χ3n) is 3.14. The summed E-state index contributed by atoms with van der Waals surface area (Å²) in [7, 11) is 0. The Morgan fingerprint density at radius 2 is 2.29 bits per heavy atom. The Labute approximate surface area is 121 Å². The number of aliphatic hydroxyl groups excluding tert-OH is 2. The highest BCUT2D eigenvalue weighted by atomic mass is 19.1. The normalized spacial score (nSPS) is 18.0. The number of hydrogen-bond acceptors (Lipinski definition) is 4. The van der Waals surface area contributed by atoms with Crippen LogP contribution in [0.15, 0.2) is 18.2 Å². The molecule has 1 heterocycles. The zero-order valence-electron chi connectivity index (χ0n) is 11.4. The Morgan fingerprint density at radius 1 is 1.48 bits per heavy atom. The highest BCUT2D eigenvalue weighted by molar-refractivity contribution is 5.94. The topological polar surface area (TPSA) is 70.0 Å². The Bertz CT molecular complexity index is 579. The molecule has 0 radical (unpaired) electrons. The van der Waals surface area contributed by atoms with Crippen molar-refractivity contribution in [3.05, 3.63) is 35.1 Å². The highest BCUT2D eigenvalue weighted by Crippen LogP contribution is 2.15. The molecule has 0 aliphatic carbocycles. The summed E-state index contributed by atoms with van der Waals surface area (Å²) >= 11 is 0. The molecule has 0 spiro atoms. The fourth-order valence-corrected chi connectivity index (χ4v) is 2.09. The fourth-order valence-electron chi connectivity index (χ4n) is 2.09. The number of hydrogen-bond donors (Lipinski definition) is 2. The van der Waals surface area contributed by atoms with Crippen LogP contribution in [-0.2, 0) is 4.74 Å². The average molecular weight is 293 g/mol. The van der Waals surface area contributed by atoms with E-state index in [9.17, 15) is 9.18 Å². The van der Waals surface area contributed by atoms with E-state index >= 15 is 0 Å². The number of benzene rings is 1. The van der Waals surface area contributed by atoms with Crippen LogP contribution in [0.1, 0.15) is 15.9 Å². The molecule has 2 rings (SSSR count). The van der Waals surface area contributed by atoms with E-state index in [1.165, 1.54) is 23.1 Å². The van der Waals surface area contributed by atoms with E-state index < -0.39 is 17.8 Å². The van der Waals surface area contributed by atoms with Crippen LogP contribution in [0.2, 0.25) is 0 Å². The van der Waals surface area contributed by atoms with E-state index in [0.717, 1.165) is 0 Å². The maximum atomic E-state index is 14.0. The summed E-state index contributed by atoms with van der Waals surface area (Å²) in [4.78, 5) is 13.7. The minimum Gasteiger partial charge on any atom is -0.394 e. The maximum absolute atomic E-state index is 14.0. The van der Waals surface area contributed by atoms with Gasteiger partial charge < -0.3 is 19.8 Å². The summed E-state index contributed by atoms with van der Waals surface area (Å²) in [5.74, 6) is 3.91. The first kappa shape index (κ1) is 15.4. The van der Waals surface area contributed by atoms with Crippen molar-refractivity contribution in [2.24, 2.45) is 0 Å². The van der Waals surface area contributed by atoms with Crippen LogP contribution in [0.25, 0.3) is 0 Å². The second-order valence-corrected chi connectivity index (χ2v) is 4.58. The van der Waals surface area contributed by atoms with E-state index in [1.54, 1.807) is 0 Å². The van der Waals surface area contributed by atoms with Crippen molar-refractivity contribution < 1.29 is 24.1 Å². The van der Waals surface area contributed by atoms with Gasteiger partial charge in [0.15, 0.2) is 0 Å². The Kier molecular flexibility index (Phi) is 5.28. The second-order valence-electron chi connectivity index (χ2n) is 4.58. The molecule has 1 aromatic rings. The van der Waals surface area contributed by atoms with Crippen molar-refractivity contribution in [2.45, 2.75) is 6.10 Å². The minimum absolute atomic E-state index is 0.0388. The molecule has 1 aliphatic heterocycles. The standard InChI is InChI=1S/C15H16FNO4/c16-14-8-11(2-1-6-18)3-4-13(14)15(20)17-5-7-21-12(9-17)10-19/h3-4,8,12,18-19H,5-7,9-10H2. The van der Waals surface area contributed by atoms with E-state index in [4.69, 9.17) is 14.9 Å². The largest absolute Gasteiger partial charge is 0.394 e. The molecule has 1 aromatic carbocycles. The molecule has 21 heavy (non-hydrogen) atoms. The molecule has 112 valence electrons. The number of carbonyl (C=O) groups excluding carboxylic acids is 1. The van der Waals surface area contributed by atoms with Crippen LogP contribution in [0.3, 0.4) is 0 Å². The van der Waals surface area contributed by atoms with Crippen LogP contribution < -0.4 is 0 Å². The van der Waals surface area contributed by atoms with Crippen molar-refractivity contribution in [3.63, 3.8) is 0 Å². The zero-order valence-corrected chi connectivity index (χ0v) is 11.4. The number of amides is 1. The third kappa shape index (κ3) is 3.79. The average Bonchev–Trinajstić information content (AvgIpc) is 2.52.